The molecule has 1 fully saturated rings. The Balaban J connectivity index is 2.37. The maximum atomic E-state index is 6.23. The topological polar surface area (TPSA) is 44.5 Å². The van der Waals surface area contributed by atoms with E-state index in [1.54, 1.807) is 7.11 Å². The predicted octanol–water partition coefficient (Wildman–Crippen LogP) is 3.40. The Morgan fingerprint density at radius 1 is 1.35 bits per heavy atom. The highest BCUT2D eigenvalue weighted by Gasteiger charge is 2.22. The van der Waals surface area contributed by atoms with Gasteiger partial charge >= 0.3 is 0 Å². The van der Waals surface area contributed by atoms with Crippen LogP contribution in [0, 0.1) is 0 Å². The fraction of sp³-hybridized carbons (Fsp3) is 0.538. The van der Waals surface area contributed by atoms with Crippen LogP contribution in [-0.4, -0.2) is 7.11 Å². The van der Waals surface area contributed by atoms with E-state index in [4.69, 9.17) is 22.2 Å². The van der Waals surface area contributed by atoms with Crippen molar-refractivity contribution >= 4 is 11.6 Å². The van der Waals surface area contributed by atoms with Crippen molar-refractivity contribution in [1.82, 2.24) is 0 Å². The third kappa shape index (κ3) is 2.73. The molecule has 0 bridgehead atoms. The molecule has 2 N–H and O–H groups in total. The van der Waals surface area contributed by atoms with Gasteiger partial charge in [-0.1, -0.05) is 24.4 Å². The van der Waals surface area contributed by atoms with Crippen molar-refractivity contribution in [1.29, 1.82) is 0 Å². The van der Waals surface area contributed by atoms with E-state index in [2.05, 4.69) is 10.9 Å². The maximum Gasteiger partial charge on any atom is 0.140 e. The molecule has 0 unspecified atom stereocenters. The fourth-order valence-electron chi connectivity index (χ4n) is 2.61. The second-order valence-electron chi connectivity index (χ2n) is 4.49. The highest BCUT2D eigenvalue weighted by atomic mass is 35.5. The number of rotatable bonds is 4. The molecule has 0 amide bonds. The van der Waals surface area contributed by atoms with Crippen LogP contribution in [0.15, 0.2) is 12.1 Å². The minimum absolute atomic E-state index is 0.378. The zero-order valence-corrected chi connectivity index (χ0v) is 10.8. The molecule has 1 saturated carbocycles. The number of ether oxygens (including phenoxy) is 1. The number of halogens is 1. The van der Waals surface area contributed by atoms with Gasteiger partial charge in [-0.25, -0.2) is 5.90 Å². The Bertz CT molecular complexity index is 389. The molecule has 0 heterocycles. The molecule has 3 nitrogen and oxygen atoms in total. The lowest BCUT2D eigenvalue weighted by atomic mass is 9.95. The van der Waals surface area contributed by atoms with E-state index >= 15 is 0 Å². The minimum Gasteiger partial charge on any atom is -0.495 e. The summed E-state index contributed by atoms with van der Waals surface area (Å²) < 4.78 is 5.42. The lowest BCUT2D eigenvalue weighted by Crippen LogP contribution is -2.03. The lowest BCUT2D eigenvalue weighted by Gasteiger charge is -2.17. The number of hydrogen-bond donors (Lipinski definition) is 1. The summed E-state index contributed by atoms with van der Waals surface area (Å²) in [7, 11) is 1.67. The van der Waals surface area contributed by atoms with Gasteiger partial charge in [0.1, 0.15) is 5.75 Å². The van der Waals surface area contributed by atoms with Crippen LogP contribution in [0.5, 0.6) is 5.75 Å². The van der Waals surface area contributed by atoms with Gasteiger partial charge in [-0.3, -0.25) is 4.84 Å². The van der Waals surface area contributed by atoms with Crippen LogP contribution >= 0.6 is 11.6 Å². The van der Waals surface area contributed by atoms with Crippen LogP contribution in [0.4, 0.5) is 0 Å². The van der Waals surface area contributed by atoms with Gasteiger partial charge in [0.2, 0.25) is 0 Å². The normalized spacial score (nSPS) is 16.4. The quantitative estimate of drug-likeness (QED) is 0.839. The van der Waals surface area contributed by atoms with Crippen molar-refractivity contribution in [2.45, 2.75) is 38.2 Å². The highest BCUT2D eigenvalue weighted by Crippen LogP contribution is 2.42. The predicted molar refractivity (Wildman–Crippen MR) is 68.2 cm³/mol. The van der Waals surface area contributed by atoms with Crippen LogP contribution in [0.2, 0.25) is 5.02 Å². The molecule has 1 aromatic rings. The first-order chi connectivity index (χ1) is 8.26. The van der Waals surface area contributed by atoms with Gasteiger partial charge < -0.3 is 4.74 Å². The molecule has 0 spiro atoms. The van der Waals surface area contributed by atoms with Gasteiger partial charge in [-0.05, 0) is 42.0 Å². The molecule has 0 radical (unpaired) electrons. The number of methoxy groups -OCH3 is 1. The summed E-state index contributed by atoms with van der Waals surface area (Å²) in [5, 5.41) is 0.643. The average Bonchev–Trinajstić information content (AvgIpc) is 2.82. The highest BCUT2D eigenvalue weighted by molar-refractivity contribution is 6.32. The van der Waals surface area contributed by atoms with E-state index in [9.17, 15) is 0 Å². The second kappa shape index (κ2) is 5.71. The Labute approximate surface area is 107 Å². The van der Waals surface area contributed by atoms with E-state index < -0.39 is 0 Å². The number of benzene rings is 1. The van der Waals surface area contributed by atoms with Crippen LogP contribution in [0.3, 0.4) is 0 Å². The minimum atomic E-state index is 0.378. The van der Waals surface area contributed by atoms with Crippen molar-refractivity contribution in [2.75, 3.05) is 7.11 Å². The van der Waals surface area contributed by atoms with E-state index in [0.717, 1.165) is 11.3 Å². The third-order valence-corrected chi connectivity index (χ3v) is 3.66. The van der Waals surface area contributed by atoms with Gasteiger partial charge in [-0.15, -0.1) is 0 Å². The van der Waals surface area contributed by atoms with Crippen molar-refractivity contribution in [3.8, 4) is 5.75 Å². The Kier molecular flexibility index (Phi) is 4.26. The summed E-state index contributed by atoms with van der Waals surface area (Å²) in [5.41, 5.74) is 2.20. The number of nitrogens with two attached hydrogens (primary N) is 1. The van der Waals surface area contributed by atoms with E-state index in [-0.39, 0.29) is 0 Å². The van der Waals surface area contributed by atoms with E-state index in [1.807, 2.05) is 6.07 Å². The molecule has 4 heteroatoms. The van der Waals surface area contributed by atoms with E-state index in [1.165, 1.54) is 31.2 Å². The molecular weight excluding hydrogens is 238 g/mol. The van der Waals surface area contributed by atoms with Crippen molar-refractivity contribution in [2.24, 2.45) is 5.90 Å². The van der Waals surface area contributed by atoms with Crippen LogP contribution in [0.1, 0.15) is 42.7 Å². The monoisotopic (exact) mass is 255 g/mol. The summed E-state index contributed by atoms with van der Waals surface area (Å²) in [6.07, 6.45) is 4.98. The van der Waals surface area contributed by atoms with Gasteiger partial charge in [0.25, 0.3) is 0 Å². The van der Waals surface area contributed by atoms with Gasteiger partial charge in [0.05, 0.1) is 18.7 Å². The SMILES string of the molecule is COc1c(Cl)cc(CON)cc1C1CCCC1. The summed E-state index contributed by atoms with van der Waals surface area (Å²) >= 11 is 6.23. The van der Waals surface area contributed by atoms with E-state index in [0.29, 0.717) is 17.5 Å². The molecule has 1 aliphatic rings. The molecule has 17 heavy (non-hydrogen) atoms. The third-order valence-electron chi connectivity index (χ3n) is 3.38. The molecule has 0 saturated heterocycles. The smallest absolute Gasteiger partial charge is 0.140 e. The largest absolute Gasteiger partial charge is 0.495 e. The molecule has 1 aromatic carbocycles. The molecule has 0 atom stereocenters. The van der Waals surface area contributed by atoms with Crippen LogP contribution in [0.25, 0.3) is 0 Å². The Hall–Kier alpha value is -0.770. The lowest BCUT2D eigenvalue weighted by molar-refractivity contribution is 0.124. The summed E-state index contributed by atoms with van der Waals surface area (Å²) in [6, 6.07) is 3.96. The maximum absolute atomic E-state index is 6.23. The first-order valence-corrected chi connectivity index (χ1v) is 6.32. The van der Waals surface area contributed by atoms with Crippen molar-refractivity contribution in [3.63, 3.8) is 0 Å². The van der Waals surface area contributed by atoms with Gasteiger partial charge in [0.15, 0.2) is 0 Å². The molecular formula is C13H18ClNO2. The molecule has 2 rings (SSSR count). The zero-order chi connectivity index (χ0) is 12.3. The summed E-state index contributed by atoms with van der Waals surface area (Å²) in [4.78, 5) is 4.67. The molecule has 0 aromatic heterocycles. The van der Waals surface area contributed by atoms with Crippen molar-refractivity contribution < 1.29 is 9.57 Å². The summed E-state index contributed by atoms with van der Waals surface area (Å²) in [6.45, 7) is 0.378. The fourth-order valence-corrected chi connectivity index (χ4v) is 2.93. The summed E-state index contributed by atoms with van der Waals surface area (Å²) in [5.74, 6) is 6.47. The first-order valence-electron chi connectivity index (χ1n) is 5.94. The molecule has 94 valence electrons. The van der Waals surface area contributed by atoms with Gasteiger partial charge in [-0.2, -0.15) is 0 Å². The van der Waals surface area contributed by atoms with Crippen LogP contribution < -0.4 is 10.6 Å². The zero-order valence-electron chi connectivity index (χ0n) is 10.0. The first kappa shape index (κ1) is 12.7. The average molecular weight is 256 g/mol. The molecule has 1 aliphatic carbocycles. The number of hydrogen-bond acceptors (Lipinski definition) is 3. The van der Waals surface area contributed by atoms with Gasteiger partial charge in [0, 0.05) is 0 Å². The molecule has 0 aliphatic heterocycles. The Morgan fingerprint density at radius 2 is 2.06 bits per heavy atom. The van der Waals surface area contributed by atoms with Crippen LogP contribution in [-0.2, 0) is 11.4 Å². The Morgan fingerprint density at radius 3 is 2.65 bits per heavy atom. The second-order valence-corrected chi connectivity index (χ2v) is 4.90. The standard InChI is InChI=1S/C13H18ClNO2/c1-16-13-11(10-4-2-3-5-10)6-9(8-17-15)7-12(13)14/h6-7,10H,2-5,8,15H2,1H3. The van der Waals surface area contributed by atoms with Crippen molar-refractivity contribution in [3.05, 3.63) is 28.3 Å².